The molecule has 21 heavy (non-hydrogen) atoms. The summed E-state index contributed by atoms with van der Waals surface area (Å²) in [6, 6.07) is 10.9. The van der Waals surface area contributed by atoms with Crippen LogP contribution in [0.2, 0.25) is 0 Å². The van der Waals surface area contributed by atoms with Gasteiger partial charge in [-0.25, -0.2) is 8.78 Å². The van der Waals surface area contributed by atoms with Gasteiger partial charge in [-0.1, -0.05) is 26.0 Å². The van der Waals surface area contributed by atoms with Gasteiger partial charge >= 0.3 is 0 Å². The van der Waals surface area contributed by atoms with Crippen molar-refractivity contribution in [1.82, 2.24) is 0 Å². The minimum atomic E-state index is -1.11. The Hall–Kier alpha value is -1.94. The average Bonchev–Trinajstić information content (AvgIpc) is 2.47. The molecule has 4 heteroatoms. The van der Waals surface area contributed by atoms with Crippen molar-refractivity contribution in [3.8, 4) is 0 Å². The number of rotatable bonds is 5. The van der Waals surface area contributed by atoms with Gasteiger partial charge in [-0.2, -0.15) is 0 Å². The molecule has 0 saturated heterocycles. The summed E-state index contributed by atoms with van der Waals surface area (Å²) in [5.74, 6) is -0.723. The van der Waals surface area contributed by atoms with Gasteiger partial charge in [0.15, 0.2) is 0 Å². The fourth-order valence-electron chi connectivity index (χ4n) is 2.08. The summed E-state index contributed by atoms with van der Waals surface area (Å²) in [4.78, 5) is 0. The second kappa shape index (κ2) is 6.68. The Morgan fingerprint density at radius 3 is 2.33 bits per heavy atom. The molecule has 2 N–H and O–H groups in total. The maximum absolute atomic E-state index is 13.5. The number of benzene rings is 2. The minimum absolute atomic E-state index is 0.0405. The summed E-state index contributed by atoms with van der Waals surface area (Å²) in [5.41, 5.74) is 2.01. The summed E-state index contributed by atoms with van der Waals surface area (Å²) < 4.78 is 26.6. The normalized spacial score (nSPS) is 12.5. The SMILES string of the molecule is CC(C)c1ccc(NCC(O)c2cc(F)ccc2F)cc1. The third-order valence-electron chi connectivity index (χ3n) is 3.39. The van der Waals surface area contributed by atoms with Crippen LogP contribution in [-0.2, 0) is 0 Å². The second-order valence-electron chi connectivity index (χ2n) is 5.34. The molecule has 0 aliphatic rings. The van der Waals surface area contributed by atoms with Gasteiger partial charge in [-0.15, -0.1) is 0 Å². The van der Waals surface area contributed by atoms with Crippen LogP contribution in [0.3, 0.4) is 0 Å². The fourth-order valence-corrected chi connectivity index (χ4v) is 2.08. The van der Waals surface area contributed by atoms with Crippen molar-refractivity contribution < 1.29 is 13.9 Å². The van der Waals surface area contributed by atoms with Crippen LogP contribution in [0.1, 0.15) is 37.0 Å². The number of hydrogen-bond acceptors (Lipinski definition) is 2. The number of hydrogen-bond donors (Lipinski definition) is 2. The Morgan fingerprint density at radius 1 is 1.05 bits per heavy atom. The Labute approximate surface area is 123 Å². The number of anilines is 1. The Morgan fingerprint density at radius 2 is 1.71 bits per heavy atom. The van der Waals surface area contributed by atoms with Gasteiger partial charge in [0.1, 0.15) is 11.6 Å². The zero-order valence-electron chi connectivity index (χ0n) is 12.1. The van der Waals surface area contributed by atoms with E-state index in [2.05, 4.69) is 19.2 Å². The lowest BCUT2D eigenvalue weighted by Gasteiger charge is -2.14. The average molecular weight is 291 g/mol. The summed E-state index contributed by atoms with van der Waals surface area (Å²) in [7, 11) is 0. The van der Waals surface area contributed by atoms with E-state index in [0.29, 0.717) is 5.92 Å². The van der Waals surface area contributed by atoms with Gasteiger partial charge in [0.25, 0.3) is 0 Å². The molecular formula is C17H19F2NO. The van der Waals surface area contributed by atoms with Crippen LogP contribution in [0.25, 0.3) is 0 Å². The predicted molar refractivity (Wildman–Crippen MR) is 80.3 cm³/mol. The molecule has 0 radical (unpaired) electrons. The first-order valence-electron chi connectivity index (χ1n) is 6.94. The van der Waals surface area contributed by atoms with E-state index in [1.54, 1.807) is 0 Å². The van der Waals surface area contributed by atoms with Crippen molar-refractivity contribution in [3.63, 3.8) is 0 Å². The molecule has 0 saturated carbocycles. The van der Waals surface area contributed by atoms with E-state index in [1.807, 2.05) is 24.3 Å². The van der Waals surface area contributed by atoms with Gasteiger partial charge in [-0.05, 0) is 41.8 Å². The highest BCUT2D eigenvalue weighted by atomic mass is 19.1. The van der Waals surface area contributed by atoms with Gasteiger partial charge in [0.05, 0.1) is 6.10 Å². The number of nitrogens with one attached hydrogen (secondary N) is 1. The monoisotopic (exact) mass is 291 g/mol. The van der Waals surface area contributed by atoms with E-state index < -0.39 is 17.7 Å². The van der Waals surface area contributed by atoms with Crippen LogP contribution < -0.4 is 5.32 Å². The summed E-state index contributed by atoms with van der Waals surface area (Å²) in [5, 5.41) is 13.0. The van der Waals surface area contributed by atoms with Crippen molar-refractivity contribution in [1.29, 1.82) is 0 Å². The number of halogens is 2. The van der Waals surface area contributed by atoms with Crippen LogP contribution in [0, 0.1) is 11.6 Å². The zero-order valence-corrected chi connectivity index (χ0v) is 12.1. The highest BCUT2D eigenvalue weighted by molar-refractivity contribution is 5.45. The third kappa shape index (κ3) is 4.02. The van der Waals surface area contributed by atoms with Crippen LogP contribution >= 0.6 is 0 Å². The molecule has 2 nitrogen and oxygen atoms in total. The van der Waals surface area contributed by atoms with E-state index in [4.69, 9.17) is 0 Å². The molecule has 2 rings (SSSR count). The van der Waals surface area contributed by atoms with Crippen LogP contribution in [0.4, 0.5) is 14.5 Å². The quantitative estimate of drug-likeness (QED) is 0.864. The second-order valence-corrected chi connectivity index (χ2v) is 5.34. The van der Waals surface area contributed by atoms with Gasteiger partial charge < -0.3 is 10.4 Å². The Balaban J connectivity index is 2.00. The van der Waals surface area contributed by atoms with Crippen molar-refractivity contribution in [2.75, 3.05) is 11.9 Å². The third-order valence-corrected chi connectivity index (χ3v) is 3.39. The molecule has 0 aliphatic carbocycles. The Kier molecular flexibility index (Phi) is 4.91. The van der Waals surface area contributed by atoms with Crippen molar-refractivity contribution in [2.45, 2.75) is 25.9 Å². The van der Waals surface area contributed by atoms with Crippen LogP contribution in [0.15, 0.2) is 42.5 Å². The van der Waals surface area contributed by atoms with Crippen molar-refractivity contribution in [3.05, 3.63) is 65.2 Å². The molecule has 1 unspecified atom stereocenters. The highest BCUT2D eigenvalue weighted by Gasteiger charge is 2.13. The van der Waals surface area contributed by atoms with Crippen molar-refractivity contribution in [2.24, 2.45) is 0 Å². The first-order chi connectivity index (χ1) is 9.97. The van der Waals surface area contributed by atoms with E-state index in [0.717, 1.165) is 23.9 Å². The van der Waals surface area contributed by atoms with E-state index >= 15 is 0 Å². The molecule has 0 fully saturated rings. The molecule has 0 bridgehead atoms. The first-order valence-corrected chi connectivity index (χ1v) is 6.94. The Bertz CT molecular complexity index is 596. The lowest BCUT2D eigenvalue weighted by Crippen LogP contribution is -2.13. The number of aliphatic hydroxyl groups excluding tert-OH is 1. The lowest BCUT2D eigenvalue weighted by atomic mass is 10.0. The van der Waals surface area contributed by atoms with Gasteiger partial charge in [-0.3, -0.25) is 0 Å². The molecule has 0 amide bonds. The molecule has 112 valence electrons. The first kappa shape index (κ1) is 15.4. The van der Waals surface area contributed by atoms with Crippen molar-refractivity contribution >= 4 is 5.69 Å². The molecule has 0 aliphatic heterocycles. The summed E-state index contributed by atoms with van der Waals surface area (Å²) >= 11 is 0. The largest absolute Gasteiger partial charge is 0.386 e. The maximum Gasteiger partial charge on any atom is 0.129 e. The maximum atomic E-state index is 13.5. The van der Waals surface area contributed by atoms with E-state index in [1.165, 1.54) is 5.56 Å². The van der Waals surface area contributed by atoms with Gasteiger partial charge in [0, 0.05) is 17.8 Å². The molecule has 2 aromatic rings. The molecule has 0 aromatic heterocycles. The summed E-state index contributed by atoms with van der Waals surface area (Å²) in [6.07, 6.45) is -1.11. The molecular weight excluding hydrogens is 272 g/mol. The van der Waals surface area contributed by atoms with E-state index in [-0.39, 0.29) is 12.1 Å². The standard InChI is InChI=1S/C17H19F2NO/c1-11(2)12-3-6-14(7-4-12)20-10-17(21)15-9-13(18)5-8-16(15)19/h3-9,11,17,20-21H,10H2,1-2H3. The fraction of sp³-hybridized carbons (Fsp3) is 0.294. The molecule has 1 atom stereocenters. The number of aliphatic hydroxyl groups is 1. The highest BCUT2D eigenvalue weighted by Crippen LogP contribution is 2.20. The molecule has 0 heterocycles. The topological polar surface area (TPSA) is 32.3 Å². The van der Waals surface area contributed by atoms with Crippen LogP contribution in [-0.4, -0.2) is 11.7 Å². The van der Waals surface area contributed by atoms with E-state index in [9.17, 15) is 13.9 Å². The molecule has 0 spiro atoms. The van der Waals surface area contributed by atoms with Gasteiger partial charge in [0.2, 0.25) is 0 Å². The zero-order chi connectivity index (χ0) is 15.4. The van der Waals surface area contributed by atoms with Crippen LogP contribution in [0.5, 0.6) is 0 Å². The molecule has 2 aromatic carbocycles. The lowest BCUT2D eigenvalue weighted by molar-refractivity contribution is 0.186. The minimum Gasteiger partial charge on any atom is -0.386 e. The predicted octanol–water partition coefficient (Wildman–Crippen LogP) is 4.23. The smallest absolute Gasteiger partial charge is 0.129 e. The summed E-state index contributed by atoms with van der Waals surface area (Å²) in [6.45, 7) is 4.33.